The van der Waals surface area contributed by atoms with Crippen LogP contribution in [0.2, 0.25) is 0 Å². The van der Waals surface area contributed by atoms with Gasteiger partial charge in [0.1, 0.15) is 0 Å². The zero-order valence-electron chi connectivity index (χ0n) is 10.7. The zero-order chi connectivity index (χ0) is 15.2. The first-order valence-electron chi connectivity index (χ1n) is 5.88. The second-order valence-corrected chi connectivity index (χ2v) is 6.06. The number of carboxylic acid groups (broad SMARTS) is 1. The number of rotatable bonds is 8. The van der Waals surface area contributed by atoms with Crippen molar-refractivity contribution in [3.63, 3.8) is 0 Å². The monoisotopic (exact) mass is 300 g/mol. The van der Waals surface area contributed by atoms with E-state index in [9.17, 15) is 18.0 Å². The first kappa shape index (κ1) is 16.0. The summed E-state index contributed by atoms with van der Waals surface area (Å²) in [4.78, 5) is 21.3. The summed E-state index contributed by atoms with van der Waals surface area (Å²) in [6.07, 6.45) is -0.277. The van der Waals surface area contributed by atoms with E-state index < -0.39 is 21.9 Å². The van der Waals surface area contributed by atoms with Crippen LogP contribution in [0, 0.1) is 0 Å². The van der Waals surface area contributed by atoms with Gasteiger partial charge in [0.15, 0.2) is 0 Å². The second-order valence-electron chi connectivity index (χ2n) is 4.22. The van der Waals surface area contributed by atoms with Crippen LogP contribution in [0.15, 0.2) is 24.3 Å². The fraction of sp³-hybridized carbons (Fsp3) is 0.333. The molecule has 0 atom stereocenters. The van der Waals surface area contributed by atoms with Gasteiger partial charge in [-0.2, -0.15) is 0 Å². The lowest BCUT2D eigenvalue weighted by atomic mass is 10.1. The molecular weight excluding hydrogens is 284 g/mol. The van der Waals surface area contributed by atoms with Crippen molar-refractivity contribution in [2.45, 2.75) is 19.3 Å². The quantitative estimate of drug-likeness (QED) is 0.637. The van der Waals surface area contributed by atoms with Crippen molar-refractivity contribution < 1.29 is 23.1 Å². The number of amides is 1. The summed E-state index contributed by atoms with van der Waals surface area (Å²) in [6, 6.07) is 6.41. The molecule has 0 heterocycles. The minimum Gasteiger partial charge on any atom is -0.481 e. The molecule has 7 nitrogen and oxygen atoms in total. The third kappa shape index (κ3) is 5.70. The Labute approximate surface area is 116 Å². The van der Waals surface area contributed by atoms with Crippen molar-refractivity contribution in [2.75, 3.05) is 10.5 Å². The van der Waals surface area contributed by atoms with Crippen LogP contribution in [0.1, 0.15) is 18.4 Å². The van der Waals surface area contributed by atoms with Gasteiger partial charge in [0.25, 0.3) is 0 Å². The smallest absolute Gasteiger partial charge is 0.303 e. The Hall–Kier alpha value is -2.09. The molecule has 0 aliphatic rings. The molecule has 8 heteroatoms. The molecule has 0 spiro atoms. The van der Waals surface area contributed by atoms with Crippen LogP contribution >= 0.6 is 0 Å². The van der Waals surface area contributed by atoms with Gasteiger partial charge in [-0.05, 0) is 18.1 Å². The molecule has 0 saturated heterocycles. The Balaban J connectivity index is 2.76. The molecule has 0 saturated carbocycles. The Morgan fingerprint density at radius 1 is 1.25 bits per heavy atom. The number of hydrogen-bond donors (Lipinski definition) is 3. The van der Waals surface area contributed by atoms with Crippen LogP contribution in [-0.2, 0) is 26.0 Å². The fourth-order valence-corrected chi connectivity index (χ4v) is 2.75. The number of nitrogens with one attached hydrogen (secondary N) is 1. The Kier molecular flexibility index (Phi) is 5.51. The van der Waals surface area contributed by atoms with Crippen LogP contribution in [0.4, 0.5) is 5.69 Å². The predicted molar refractivity (Wildman–Crippen MR) is 73.6 cm³/mol. The highest BCUT2D eigenvalue weighted by Crippen LogP contribution is 2.17. The summed E-state index contributed by atoms with van der Waals surface area (Å²) in [5.74, 6) is -1.92. The van der Waals surface area contributed by atoms with E-state index in [0.717, 1.165) is 0 Å². The van der Waals surface area contributed by atoms with Gasteiger partial charge in [0.2, 0.25) is 15.9 Å². The number of primary amides is 1. The van der Waals surface area contributed by atoms with Crippen LogP contribution in [0.5, 0.6) is 0 Å². The van der Waals surface area contributed by atoms with Crippen molar-refractivity contribution in [1.82, 2.24) is 0 Å². The number of carbonyl (C=O) groups is 2. The van der Waals surface area contributed by atoms with Crippen LogP contribution in [0.3, 0.4) is 0 Å². The summed E-state index contributed by atoms with van der Waals surface area (Å²) in [5, 5.41) is 8.48. The maximum Gasteiger partial charge on any atom is 0.303 e. The summed E-state index contributed by atoms with van der Waals surface area (Å²) >= 11 is 0. The molecule has 0 radical (unpaired) electrons. The first-order chi connectivity index (χ1) is 9.30. The van der Waals surface area contributed by atoms with E-state index in [-0.39, 0.29) is 30.7 Å². The molecule has 4 N–H and O–H groups in total. The average molecular weight is 300 g/mol. The number of hydrogen-bond acceptors (Lipinski definition) is 4. The van der Waals surface area contributed by atoms with Crippen molar-refractivity contribution in [2.24, 2.45) is 5.73 Å². The van der Waals surface area contributed by atoms with E-state index in [1.807, 2.05) is 0 Å². The lowest BCUT2D eigenvalue weighted by Gasteiger charge is -2.11. The molecule has 0 bridgehead atoms. The molecule has 0 aliphatic heterocycles. The van der Waals surface area contributed by atoms with E-state index in [4.69, 9.17) is 10.8 Å². The number of benzene rings is 1. The number of sulfonamides is 1. The van der Waals surface area contributed by atoms with Gasteiger partial charge < -0.3 is 10.8 Å². The van der Waals surface area contributed by atoms with Crippen molar-refractivity contribution >= 4 is 27.6 Å². The Morgan fingerprint density at radius 2 is 1.90 bits per heavy atom. The lowest BCUT2D eigenvalue weighted by molar-refractivity contribution is -0.137. The Morgan fingerprint density at radius 3 is 2.50 bits per heavy atom. The molecular formula is C12H16N2O5S. The number of carbonyl (C=O) groups excluding carboxylic acids is 1. The third-order valence-corrected chi connectivity index (χ3v) is 3.81. The maximum atomic E-state index is 11.8. The molecule has 1 rings (SSSR count). The van der Waals surface area contributed by atoms with Gasteiger partial charge in [-0.15, -0.1) is 0 Å². The molecule has 1 aromatic rings. The summed E-state index contributed by atoms with van der Waals surface area (Å²) in [5.41, 5.74) is 5.84. The largest absolute Gasteiger partial charge is 0.481 e. The van der Waals surface area contributed by atoms with Crippen molar-refractivity contribution in [3.8, 4) is 0 Å². The number of para-hydroxylation sites is 1. The van der Waals surface area contributed by atoms with Gasteiger partial charge in [0.05, 0.1) is 17.9 Å². The van der Waals surface area contributed by atoms with E-state index in [0.29, 0.717) is 5.56 Å². The SMILES string of the molecule is NC(=O)Cc1ccccc1NS(=O)(=O)CCCC(=O)O. The van der Waals surface area contributed by atoms with Crippen molar-refractivity contribution in [1.29, 1.82) is 0 Å². The zero-order valence-corrected chi connectivity index (χ0v) is 11.5. The van der Waals surface area contributed by atoms with E-state index in [2.05, 4.69) is 4.72 Å². The summed E-state index contributed by atoms with van der Waals surface area (Å²) in [7, 11) is -3.65. The van der Waals surface area contributed by atoms with Gasteiger partial charge >= 0.3 is 5.97 Å². The van der Waals surface area contributed by atoms with Crippen molar-refractivity contribution in [3.05, 3.63) is 29.8 Å². The first-order valence-corrected chi connectivity index (χ1v) is 7.54. The standard InChI is InChI=1S/C12H16N2O5S/c13-11(15)8-9-4-1-2-5-10(9)14-20(18,19)7-3-6-12(16)17/h1-2,4-5,14H,3,6-8H2,(H2,13,15)(H,16,17). The molecule has 20 heavy (non-hydrogen) atoms. The summed E-state index contributed by atoms with van der Waals surface area (Å²) in [6.45, 7) is 0. The average Bonchev–Trinajstić information content (AvgIpc) is 2.29. The topological polar surface area (TPSA) is 127 Å². The molecule has 1 amide bonds. The highest BCUT2D eigenvalue weighted by molar-refractivity contribution is 7.92. The summed E-state index contributed by atoms with van der Waals surface area (Å²) < 4.78 is 25.9. The highest BCUT2D eigenvalue weighted by atomic mass is 32.2. The van der Waals surface area contributed by atoms with Crippen LogP contribution in [-0.4, -0.2) is 31.2 Å². The Bertz CT molecular complexity index is 598. The predicted octanol–water partition coefficient (Wildman–Crippen LogP) is 0.321. The maximum absolute atomic E-state index is 11.8. The number of anilines is 1. The fourth-order valence-electron chi connectivity index (χ4n) is 1.59. The normalized spacial score (nSPS) is 11.0. The molecule has 0 aliphatic carbocycles. The molecule has 0 unspecified atom stereocenters. The van der Waals surface area contributed by atoms with Gasteiger partial charge in [-0.25, -0.2) is 8.42 Å². The van der Waals surface area contributed by atoms with E-state index in [1.165, 1.54) is 6.07 Å². The number of nitrogens with two attached hydrogens (primary N) is 1. The third-order valence-electron chi connectivity index (χ3n) is 2.45. The molecule has 0 fully saturated rings. The highest BCUT2D eigenvalue weighted by Gasteiger charge is 2.14. The molecule has 1 aromatic carbocycles. The van der Waals surface area contributed by atoms with Gasteiger partial charge in [-0.3, -0.25) is 14.3 Å². The van der Waals surface area contributed by atoms with E-state index in [1.54, 1.807) is 18.2 Å². The van der Waals surface area contributed by atoms with Gasteiger partial charge in [-0.1, -0.05) is 18.2 Å². The minimum atomic E-state index is -3.65. The van der Waals surface area contributed by atoms with Crippen LogP contribution < -0.4 is 10.5 Å². The van der Waals surface area contributed by atoms with Crippen LogP contribution in [0.25, 0.3) is 0 Å². The lowest BCUT2D eigenvalue weighted by Crippen LogP contribution is -2.20. The molecule has 0 aromatic heterocycles. The second kappa shape index (κ2) is 6.90. The van der Waals surface area contributed by atoms with E-state index >= 15 is 0 Å². The van der Waals surface area contributed by atoms with Gasteiger partial charge in [0, 0.05) is 6.42 Å². The molecule has 110 valence electrons. The number of aliphatic carboxylic acids is 1. The minimum absolute atomic E-state index is 0.0165. The number of carboxylic acids is 1.